The molecular weight excluding hydrogens is 330 g/mol. The van der Waals surface area contributed by atoms with Crippen molar-refractivity contribution in [2.45, 2.75) is 44.1 Å². The van der Waals surface area contributed by atoms with Crippen LogP contribution in [0.3, 0.4) is 0 Å². The van der Waals surface area contributed by atoms with Gasteiger partial charge in [0.25, 0.3) is 5.91 Å². The number of hydrogen-bond donors (Lipinski definition) is 1. The first-order valence-corrected chi connectivity index (χ1v) is 9.34. The first-order chi connectivity index (χ1) is 11.0. The highest BCUT2D eigenvalue weighted by atomic mass is 32.2. The van der Waals surface area contributed by atoms with Gasteiger partial charge in [0.1, 0.15) is 5.75 Å². The Morgan fingerprint density at radius 2 is 2.04 bits per heavy atom. The van der Waals surface area contributed by atoms with Gasteiger partial charge in [0, 0.05) is 0 Å². The van der Waals surface area contributed by atoms with E-state index in [2.05, 4.69) is 29.4 Å². The highest BCUT2D eigenvalue weighted by Crippen LogP contribution is 2.28. The maximum Gasteiger partial charge on any atom is 0.266 e. The Labute approximate surface area is 144 Å². The summed E-state index contributed by atoms with van der Waals surface area (Å²) in [4.78, 5) is 12.3. The van der Waals surface area contributed by atoms with Crippen molar-refractivity contribution in [1.29, 1.82) is 0 Å². The molecule has 1 aromatic carbocycles. The third-order valence-electron chi connectivity index (χ3n) is 3.12. The molecule has 0 spiro atoms. The molecule has 5 nitrogen and oxygen atoms in total. The van der Waals surface area contributed by atoms with Crippen LogP contribution in [0, 0.1) is 0 Å². The van der Waals surface area contributed by atoms with Crippen molar-refractivity contribution in [3.05, 3.63) is 29.8 Å². The maximum atomic E-state index is 12.3. The Hall–Kier alpha value is -1.60. The minimum absolute atomic E-state index is 0.229. The predicted octanol–water partition coefficient (Wildman–Crippen LogP) is 4.18. The van der Waals surface area contributed by atoms with Crippen molar-refractivity contribution in [3.63, 3.8) is 0 Å². The average Bonchev–Trinajstić information content (AvgIpc) is 2.95. The number of ether oxygens (including phenoxy) is 1. The number of benzene rings is 1. The summed E-state index contributed by atoms with van der Waals surface area (Å²) in [5.41, 5.74) is 1.09. The first kappa shape index (κ1) is 17.7. The topological polar surface area (TPSA) is 64.1 Å². The number of hydrogen-bond acceptors (Lipinski definition) is 6. The van der Waals surface area contributed by atoms with Gasteiger partial charge in [-0.1, -0.05) is 62.1 Å². The van der Waals surface area contributed by atoms with Crippen LogP contribution in [0.2, 0.25) is 0 Å². The fourth-order valence-corrected chi connectivity index (χ4v) is 3.61. The maximum absolute atomic E-state index is 12.3. The molecule has 2 aromatic rings. The zero-order valence-corrected chi connectivity index (χ0v) is 15.3. The Bertz CT molecular complexity index is 658. The van der Waals surface area contributed by atoms with Crippen LogP contribution < -0.4 is 10.1 Å². The Morgan fingerprint density at radius 3 is 2.74 bits per heavy atom. The van der Waals surface area contributed by atoms with Crippen molar-refractivity contribution in [2.75, 3.05) is 11.1 Å². The zero-order valence-electron chi connectivity index (χ0n) is 13.7. The smallest absolute Gasteiger partial charge is 0.266 e. The number of thioether (sulfide) groups is 1. The molecule has 2 rings (SSSR count). The molecule has 1 heterocycles. The lowest BCUT2D eigenvalue weighted by Crippen LogP contribution is -2.30. The first-order valence-electron chi connectivity index (χ1n) is 7.54. The van der Waals surface area contributed by atoms with E-state index in [0.29, 0.717) is 11.0 Å². The summed E-state index contributed by atoms with van der Waals surface area (Å²) < 4.78 is 6.68. The molecule has 0 fully saturated rings. The van der Waals surface area contributed by atoms with Gasteiger partial charge in [-0.15, -0.1) is 10.2 Å². The predicted molar refractivity (Wildman–Crippen MR) is 95.6 cm³/mol. The van der Waals surface area contributed by atoms with Gasteiger partial charge in [-0.25, -0.2) is 0 Å². The van der Waals surface area contributed by atoms with E-state index in [1.54, 1.807) is 18.7 Å². The van der Waals surface area contributed by atoms with Crippen LogP contribution in [-0.2, 0) is 4.79 Å². The van der Waals surface area contributed by atoms with Gasteiger partial charge in [0.15, 0.2) is 10.4 Å². The van der Waals surface area contributed by atoms with E-state index in [4.69, 9.17) is 4.74 Å². The van der Waals surface area contributed by atoms with E-state index in [-0.39, 0.29) is 5.91 Å². The van der Waals surface area contributed by atoms with Crippen molar-refractivity contribution in [1.82, 2.24) is 10.2 Å². The summed E-state index contributed by atoms with van der Waals surface area (Å²) >= 11 is 2.97. The molecule has 0 saturated heterocycles. The van der Waals surface area contributed by atoms with Gasteiger partial charge in [-0.2, -0.15) is 0 Å². The molecule has 0 unspecified atom stereocenters. The van der Waals surface area contributed by atoms with Gasteiger partial charge in [-0.05, 0) is 30.2 Å². The normalized spacial score (nSPS) is 12.2. The fourth-order valence-electron chi connectivity index (χ4n) is 1.96. The average molecular weight is 351 g/mol. The molecule has 0 aliphatic carbocycles. The minimum atomic E-state index is -0.610. The summed E-state index contributed by atoms with van der Waals surface area (Å²) in [6.45, 7) is 7.98. The van der Waals surface area contributed by atoms with Crippen LogP contribution in [-0.4, -0.2) is 28.0 Å². The molecular formula is C16H21N3O2S2. The lowest BCUT2D eigenvalue weighted by atomic mass is 10.0. The van der Waals surface area contributed by atoms with E-state index >= 15 is 0 Å². The fraction of sp³-hybridized carbons (Fsp3) is 0.438. The number of rotatable bonds is 7. The Balaban J connectivity index is 1.99. The van der Waals surface area contributed by atoms with Crippen LogP contribution in [0.4, 0.5) is 5.13 Å². The number of carbonyl (C=O) groups is 1. The van der Waals surface area contributed by atoms with Gasteiger partial charge < -0.3 is 4.74 Å². The van der Waals surface area contributed by atoms with E-state index in [0.717, 1.165) is 21.4 Å². The molecule has 1 atom stereocenters. The number of nitrogens with zero attached hydrogens (tertiary/aromatic N) is 2. The molecule has 1 N–H and O–H groups in total. The van der Waals surface area contributed by atoms with Crippen LogP contribution in [0.5, 0.6) is 5.75 Å². The minimum Gasteiger partial charge on any atom is -0.481 e. The third kappa shape index (κ3) is 4.94. The molecule has 1 aromatic heterocycles. The van der Waals surface area contributed by atoms with Gasteiger partial charge >= 0.3 is 0 Å². The van der Waals surface area contributed by atoms with E-state index < -0.39 is 6.10 Å². The Morgan fingerprint density at radius 1 is 1.30 bits per heavy atom. The second kappa shape index (κ2) is 8.31. The number of amides is 1. The van der Waals surface area contributed by atoms with Crippen LogP contribution in [0.1, 0.15) is 39.2 Å². The largest absolute Gasteiger partial charge is 0.481 e. The number of para-hydroxylation sites is 1. The summed E-state index contributed by atoms with van der Waals surface area (Å²) in [5, 5.41) is 11.2. The van der Waals surface area contributed by atoms with E-state index in [1.165, 1.54) is 11.3 Å². The van der Waals surface area contributed by atoms with Gasteiger partial charge in [0.05, 0.1) is 0 Å². The second-order valence-corrected chi connectivity index (χ2v) is 7.74. The van der Waals surface area contributed by atoms with Crippen LogP contribution in [0.25, 0.3) is 0 Å². The van der Waals surface area contributed by atoms with Crippen LogP contribution in [0.15, 0.2) is 28.6 Å². The molecule has 7 heteroatoms. The number of nitrogens with one attached hydrogen (secondary N) is 1. The highest BCUT2D eigenvalue weighted by molar-refractivity contribution is 8.01. The molecule has 0 aliphatic rings. The SMILES string of the molecule is CCSc1nnc(NC(=O)[C@H](C)Oc2ccccc2C(C)C)s1. The quantitative estimate of drug-likeness (QED) is 0.599. The summed E-state index contributed by atoms with van der Waals surface area (Å²) in [6, 6.07) is 7.79. The standard InChI is InChI=1S/C16H21N3O2S2/c1-5-22-16-19-18-15(23-16)17-14(20)11(4)21-13-9-7-6-8-12(13)10(2)3/h6-11H,5H2,1-4H3,(H,17,18,20)/t11-/m0/s1. The highest BCUT2D eigenvalue weighted by Gasteiger charge is 2.19. The lowest BCUT2D eigenvalue weighted by Gasteiger charge is -2.18. The summed E-state index contributed by atoms with van der Waals surface area (Å²) in [5.74, 6) is 1.77. The van der Waals surface area contributed by atoms with Crippen molar-refractivity contribution in [3.8, 4) is 5.75 Å². The molecule has 0 aliphatic heterocycles. The number of anilines is 1. The second-order valence-electron chi connectivity index (χ2n) is 5.25. The molecule has 0 saturated carbocycles. The monoisotopic (exact) mass is 351 g/mol. The molecule has 124 valence electrons. The number of carbonyl (C=O) groups excluding carboxylic acids is 1. The Kier molecular flexibility index (Phi) is 6.41. The van der Waals surface area contributed by atoms with Crippen LogP contribution >= 0.6 is 23.1 Å². The molecule has 1 amide bonds. The molecule has 0 radical (unpaired) electrons. The lowest BCUT2D eigenvalue weighted by molar-refractivity contribution is -0.122. The van der Waals surface area contributed by atoms with Crippen molar-refractivity contribution < 1.29 is 9.53 Å². The third-order valence-corrected chi connectivity index (χ3v) is 4.97. The van der Waals surface area contributed by atoms with E-state index in [1.807, 2.05) is 31.2 Å². The van der Waals surface area contributed by atoms with E-state index in [9.17, 15) is 4.79 Å². The summed E-state index contributed by atoms with van der Waals surface area (Å²) in [6.07, 6.45) is -0.610. The van der Waals surface area contributed by atoms with Gasteiger partial charge in [-0.3, -0.25) is 10.1 Å². The zero-order chi connectivity index (χ0) is 16.8. The van der Waals surface area contributed by atoms with Crippen molar-refractivity contribution in [2.24, 2.45) is 0 Å². The van der Waals surface area contributed by atoms with Gasteiger partial charge in [0.2, 0.25) is 5.13 Å². The number of aromatic nitrogens is 2. The summed E-state index contributed by atoms with van der Waals surface area (Å²) in [7, 11) is 0. The van der Waals surface area contributed by atoms with Crippen molar-refractivity contribution >= 4 is 34.1 Å². The molecule has 0 bridgehead atoms. The molecule has 23 heavy (non-hydrogen) atoms.